The number of alkyl halides is 5. The molecule has 9 heteroatoms. The van der Waals surface area contributed by atoms with Gasteiger partial charge in [-0.3, -0.25) is 4.79 Å². The molecule has 1 heterocycles. The van der Waals surface area contributed by atoms with Crippen LogP contribution in [0.25, 0.3) is 0 Å². The van der Waals surface area contributed by atoms with Crippen molar-refractivity contribution < 1.29 is 31.5 Å². The summed E-state index contributed by atoms with van der Waals surface area (Å²) < 4.78 is 67.0. The number of pyridine rings is 1. The van der Waals surface area contributed by atoms with Crippen LogP contribution in [0, 0.1) is 17.8 Å². The molecule has 24 heavy (non-hydrogen) atoms. The molecule has 1 unspecified atom stereocenters. The minimum Gasteiger partial charge on any atom is -0.468 e. The van der Waals surface area contributed by atoms with Crippen molar-refractivity contribution in [2.75, 3.05) is 6.61 Å². The summed E-state index contributed by atoms with van der Waals surface area (Å²) in [4.78, 5) is 15.7. The lowest BCUT2D eigenvalue weighted by molar-refractivity contribution is -0.154. The van der Waals surface area contributed by atoms with Crippen molar-refractivity contribution >= 4 is 5.91 Å². The van der Waals surface area contributed by atoms with Gasteiger partial charge in [-0.25, -0.2) is 13.8 Å². The molecule has 0 saturated heterocycles. The first-order valence-corrected chi connectivity index (χ1v) is 7.45. The average Bonchev–Trinajstić information content (AvgIpc) is 3.01. The van der Waals surface area contributed by atoms with Crippen LogP contribution in [0.3, 0.4) is 0 Å². The van der Waals surface area contributed by atoms with E-state index in [0.29, 0.717) is 5.56 Å². The van der Waals surface area contributed by atoms with Gasteiger partial charge in [-0.2, -0.15) is 13.2 Å². The summed E-state index contributed by atoms with van der Waals surface area (Å²) in [6.07, 6.45) is -3.68. The molecular formula is C15H15F5N2O2. The normalized spacial score (nSPS) is 27.5. The number of aromatic nitrogens is 1. The molecule has 2 fully saturated rings. The zero-order valence-electron chi connectivity index (χ0n) is 12.4. The van der Waals surface area contributed by atoms with Crippen molar-refractivity contribution in [3.8, 4) is 5.88 Å². The minimum atomic E-state index is -4.46. The van der Waals surface area contributed by atoms with Crippen LogP contribution in [-0.4, -0.2) is 29.6 Å². The van der Waals surface area contributed by atoms with Gasteiger partial charge in [0.2, 0.25) is 17.7 Å². The fourth-order valence-corrected chi connectivity index (χ4v) is 3.27. The van der Waals surface area contributed by atoms with Crippen LogP contribution < -0.4 is 10.1 Å². The van der Waals surface area contributed by atoms with E-state index in [-0.39, 0.29) is 48.9 Å². The standard InChI is InChI=1S/C15H15F5N2O2/c16-14(17)4-9-10(5-14)12(9)13(23)22-6-8-1-2-21-11(3-8)24-7-15(18,19)20/h1-3,9-10,12H,4-7H2,(H,22,23)/t9-,10+,12?. The summed E-state index contributed by atoms with van der Waals surface area (Å²) in [5.74, 6) is -4.06. The third-order valence-corrected chi connectivity index (χ3v) is 4.35. The van der Waals surface area contributed by atoms with E-state index in [4.69, 9.17) is 0 Å². The number of hydrogen-bond donors (Lipinski definition) is 1. The van der Waals surface area contributed by atoms with Gasteiger partial charge in [-0.1, -0.05) is 0 Å². The van der Waals surface area contributed by atoms with E-state index in [1.165, 1.54) is 18.3 Å². The van der Waals surface area contributed by atoms with Gasteiger partial charge in [0.25, 0.3) is 0 Å². The van der Waals surface area contributed by atoms with Crippen molar-refractivity contribution in [2.24, 2.45) is 17.8 Å². The summed E-state index contributed by atoms with van der Waals surface area (Å²) in [6, 6.07) is 2.83. The Bertz CT molecular complexity index is 621. The number of fused-ring (bicyclic) bond motifs is 1. The molecule has 0 aromatic carbocycles. The van der Waals surface area contributed by atoms with Crippen LogP contribution in [-0.2, 0) is 11.3 Å². The third kappa shape index (κ3) is 3.93. The largest absolute Gasteiger partial charge is 0.468 e. The number of amides is 1. The molecule has 4 nitrogen and oxygen atoms in total. The Labute approximate surface area is 134 Å². The first-order chi connectivity index (χ1) is 11.1. The Kier molecular flexibility index (Phi) is 4.13. The highest BCUT2D eigenvalue weighted by Gasteiger charge is 2.65. The zero-order valence-corrected chi connectivity index (χ0v) is 12.4. The van der Waals surface area contributed by atoms with Gasteiger partial charge < -0.3 is 10.1 Å². The van der Waals surface area contributed by atoms with E-state index >= 15 is 0 Å². The van der Waals surface area contributed by atoms with E-state index in [1.807, 2.05) is 0 Å². The quantitative estimate of drug-likeness (QED) is 0.831. The molecule has 1 amide bonds. The molecule has 2 aliphatic rings. The number of halogens is 5. The lowest BCUT2D eigenvalue weighted by Gasteiger charge is -2.13. The fourth-order valence-electron chi connectivity index (χ4n) is 3.27. The van der Waals surface area contributed by atoms with Gasteiger partial charge in [0.1, 0.15) is 0 Å². The monoisotopic (exact) mass is 350 g/mol. The smallest absolute Gasteiger partial charge is 0.422 e. The van der Waals surface area contributed by atoms with E-state index in [1.54, 1.807) is 0 Å². The first kappa shape index (κ1) is 16.9. The van der Waals surface area contributed by atoms with E-state index < -0.39 is 18.7 Å². The summed E-state index contributed by atoms with van der Waals surface area (Å²) in [6.45, 7) is -1.37. The molecule has 2 aliphatic carbocycles. The van der Waals surface area contributed by atoms with Gasteiger partial charge >= 0.3 is 6.18 Å². The van der Waals surface area contributed by atoms with Crippen LogP contribution in [0.1, 0.15) is 18.4 Å². The number of carbonyl (C=O) groups excluding carboxylic acids is 1. The molecule has 1 N–H and O–H groups in total. The summed E-state index contributed by atoms with van der Waals surface area (Å²) in [5.41, 5.74) is 0.520. The lowest BCUT2D eigenvalue weighted by Crippen LogP contribution is -2.28. The third-order valence-electron chi connectivity index (χ3n) is 4.35. The van der Waals surface area contributed by atoms with Crippen molar-refractivity contribution in [1.82, 2.24) is 10.3 Å². The number of carbonyl (C=O) groups is 1. The van der Waals surface area contributed by atoms with E-state index in [2.05, 4.69) is 15.0 Å². The van der Waals surface area contributed by atoms with Crippen LogP contribution in [0.2, 0.25) is 0 Å². The van der Waals surface area contributed by atoms with E-state index in [9.17, 15) is 26.7 Å². The number of ether oxygens (including phenoxy) is 1. The molecule has 1 aromatic rings. The maximum absolute atomic E-state index is 13.1. The van der Waals surface area contributed by atoms with Crippen LogP contribution >= 0.6 is 0 Å². The molecule has 3 atom stereocenters. The van der Waals surface area contributed by atoms with Crippen LogP contribution in [0.5, 0.6) is 5.88 Å². The van der Waals surface area contributed by atoms with Crippen molar-refractivity contribution in [3.05, 3.63) is 23.9 Å². The van der Waals surface area contributed by atoms with Crippen molar-refractivity contribution in [1.29, 1.82) is 0 Å². The summed E-state index contributed by atoms with van der Waals surface area (Å²) in [5, 5.41) is 2.63. The predicted octanol–water partition coefficient (Wildman–Crippen LogP) is 2.93. The Morgan fingerprint density at radius 1 is 1.33 bits per heavy atom. The molecule has 132 valence electrons. The predicted molar refractivity (Wildman–Crippen MR) is 72.3 cm³/mol. The van der Waals surface area contributed by atoms with Gasteiger partial charge in [0, 0.05) is 37.6 Å². The second kappa shape index (κ2) is 5.86. The van der Waals surface area contributed by atoms with Crippen molar-refractivity contribution in [2.45, 2.75) is 31.5 Å². The second-order valence-corrected chi connectivity index (χ2v) is 6.24. The van der Waals surface area contributed by atoms with E-state index in [0.717, 1.165) is 0 Å². The number of nitrogens with zero attached hydrogens (tertiary/aromatic N) is 1. The zero-order chi connectivity index (χ0) is 17.5. The highest BCUT2D eigenvalue weighted by Crippen LogP contribution is 2.62. The lowest BCUT2D eigenvalue weighted by atomic mass is 10.1. The molecule has 0 spiro atoms. The Morgan fingerprint density at radius 2 is 2.00 bits per heavy atom. The molecular weight excluding hydrogens is 335 g/mol. The SMILES string of the molecule is O=C(NCc1ccnc(OCC(F)(F)F)c1)C1[C@H]2CC(F)(F)C[C@@H]12. The number of rotatable bonds is 5. The summed E-state index contributed by atoms with van der Waals surface area (Å²) in [7, 11) is 0. The summed E-state index contributed by atoms with van der Waals surface area (Å²) >= 11 is 0. The molecule has 2 saturated carbocycles. The second-order valence-electron chi connectivity index (χ2n) is 6.24. The Balaban J connectivity index is 1.48. The van der Waals surface area contributed by atoms with Gasteiger partial charge in [0.05, 0.1) is 0 Å². The first-order valence-electron chi connectivity index (χ1n) is 7.45. The fraction of sp³-hybridized carbons (Fsp3) is 0.600. The van der Waals surface area contributed by atoms with Gasteiger partial charge in [-0.05, 0) is 23.5 Å². The number of nitrogens with one attached hydrogen (secondary N) is 1. The van der Waals surface area contributed by atoms with Gasteiger partial charge in [-0.15, -0.1) is 0 Å². The minimum absolute atomic E-state index is 0.0794. The average molecular weight is 350 g/mol. The highest BCUT2D eigenvalue weighted by molar-refractivity contribution is 5.82. The van der Waals surface area contributed by atoms with Crippen LogP contribution in [0.15, 0.2) is 18.3 Å². The molecule has 0 radical (unpaired) electrons. The Morgan fingerprint density at radius 3 is 2.62 bits per heavy atom. The number of hydrogen-bond acceptors (Lipinski definition) is 3. The Hall–Kier alpha value is -1.93. The maximum Gasteiger partial charge on any atom is 0.422 e. The van der Waals surface area contributed by atoms with Crippen molar-refractivity contribution in [3.63, 3.8) is 0 Å². The molecule has 3 rings (SSSR count). The van der Waals surface area contributed by atoms with Crippen LogP contribution in [0.4, 0.5) is 22.0 Å². The molecule has 1 aromatic heterocycles. The maximum atomic E-state index is 13.1. The highest BCUT2D eigenvalue weighted by atomic mass is 19.4. The van der Waals surface area contributed by atoms with Gasteiger partial charge in [0.15, 0.2) is 6.61 Å². The topological polar surface area (TPSA) is 51.2 Å². The molecule has 0 aliphatic heterocycles. The molecule has 0 bridgehead atoms.